The molecule has 0 aromatic heterocycles. The third kappa shape index (κ3) is 11.5. The van der Waals surface area contributed by atoms with Gasteiger partial charge >= 0.3 is 1.43 Å². The second-order valence-electron chi connectivity index (χ2n) is 16.4. The number of benzene rings is 4. The van der Waals surface area contributed by atoms with E-state index in [-0.39, 0.29) is 1.43 Å². The molecule has 0 spiro atoms. The fourth-order valence-corrected chi connectivity index (χ4v) is 9.69. The third-order valence-corrected chi connectivity index (χ3v) is 12.5. The van der Waals surface area contributed by atoms with Gasteiger partial charge in [0.05, 0.1) is 0 Å². The van der Waals surface area contributed by atoms with Crippen LogP contribution in [0.2, 0.25) is 0 Å². The SMILES string of the molecule is C1=CC2Cc3ccccc3C(C1)C2.C1=CC2Cc3ccccc3C(C1)C2.C=CC=O.C=O.O=C1CCCN1C1=Cc2ccccc2CC1.O=C1CCc2ccccc2C1.[H+]. The summed E-state index contributed by atoms with van der Waals surface area (Å²) in [7, 11) is 0. The van der Waals surface area contributed by atoms with Gasteiger partial charge in [-0.3, -0.25) is 14.4 Å². The lowest BCUT2D eigenvalue weighted by molar-refractivity contribution is -0.126. The zero-order chi connectivity index (χ0) is 41.4. The van der Waals surface area contributed by atoms with E-state index in [1.54, 1.807) is 22.3 Å². The van der Waals surface area contributed by atoms with Crippen molar-refractivity contribution in [2.24, 2.45) is 11.8 Å². The summed E-state index contributed by atoms with van der Waals surface area (Å²) in [6.07, 6.45) is 27.5. The van der Waals surface area contributed by atoms with Gasteiger partial charge in [-0.05, 0) is 145 Å². The number of likely N-dealkylation sites (tertiary alicyclic amines) is 1. The Morgan fingerprint density at radius 1 is 0.610 bits per heavy atom. The number of Topliss-reactive ketones (excluding diaryl/α,β-unsaturated/α-hetero) is 1. The fourth-order valence-electron chi connectivity index (χ4n) is 9.69. The number of aldehydes is 1. The molecule has 0 radical (unpaired) electrons. The molecule has 1 amide bonds. The zero-order valence-electron chi connectivity index (χ0n) is 35.5. The number of fused-ring (bicyclic) bond motifs is 10. The van der Waals surface area contributed by atoms with Crippen LogP contribution in [-0.4, -0.2) is 36.2 Å². The molecule has 0 saturated carbocycles. The van der Waals surface area contributed by atoms with Crippen LogP contribution in [-0.2, 0) is 51.3 Å². The number of allylic oxidation sites excluding steroid dienone is 6. The lowest BCUT2D eigenvalue weighted by atomic mass is 9.72. The average molecular weight is 787 g/mol. The number of carbonyl (C=O) groups excluding carboxylic acids is 4. The standard InChI is InChI=1S/C14H15NO.2C13H14.C10H10O.C3H4O.CH2O/c16-14-6-3-9-15(14)13-8-7-11-4-1-2-5-12(11)10-13;2*1-2-7-13-11(5-1)8-10-4-3-6-12(13)9-10;11-10-6-5-8-3-1-2-4-9(8)7-10;1-2-3-4;1-2/h1-2,4-5,10H,3,6-9H2;2*1-5,7,10,12H,6,8-9H2;1-4H,5-7H2;2-3H,1H2;1H2/p+1. The fraction of sp³-hybridized carbons (Fsp3) is 0.333. The Balaban J connectivity index is 0.000000145. The molecule has 1 heterocycles. The first-order chi connectivity index (χ1) is 29.0. The van der Waals surface area contributed by atoms with Gasteiger partial charge in [0.25, 0.3) is 0 Å². The average Bonchev–Trinajstić information content (AvgIpc) is 3.73. The molecule has 11 rings (SSSR count). The topological polar surface area (TPSA) is 71.5 Å². The van der Waals surface area contributed by atoms with E-state index in [9.17, 15) is 9.59 Å². The molecule has 1 saturated heterocycles. The van der Waals surface area contributed by atoms with Gasteiger partial charge in [-0.2, -0.15) is 0 Å². The largest absolute Gasteiger partial charge is 1.00 e. The second-order valence-corrected chi connectivity index (χ2v) is 16.4. The minimum atomic E-state index is 0. The Labute approximate surface area is 353 Å². The molecule has 4 aromatic rings. The molecule has 304 valence electrons. The maximum Gasteiger partial charge on any atom is 1.00 e. The molecule has 1 fully saturated rings. The number of amides is 1. The molecule has 7 aliphatic rings. The van der Waals surface area contributed by atoms with Crippen molar-refractivity contribution in [1.82, 2.24) is 4.90 Å². The first-order valence-electron chi connectivity index (χ1n) is 21.5. The van der Waals surface area contributed by atoms with Crippen molar-refractivity contribution in [3.05, 3.63) is 184 Å². The number of nitrogens with zero attached hydrogens (tertiary/aromatic N) is 1. The van der Waals surface area contributed by atoms with Gasteiger partial charge in [-0.1, -0.05) is 128 Å². The zero-order valence-corrected chi connectivity index (χ0v) is 34.5. The lowest BCUT2D eigenvalue weighted by Crippen LogP contribution is -2.25. The van der Waals surface area contributed by atoms with Crippen LogP contribution in [0.1, 0.15) is 109 Å². The quantitative estimate of drug-likeness (QED) is 0.115. The highest BCUT2D eigenvalue weighted by Crippen LogP contribution is 2.41. The molecule has 4 unspecified atom stereocenters. The highest BCUT2D eigenvalue weighted by Gasteiger charge is 2.28. The van der Waals surface area contributed by atoms with Crippen LogP contribution in [0.4, 0.5) is 0 Å². The molecule has 5 heteroatoms. The van der Waals surface area contributed by atoms with E-state index in [2.05, 4.69) is 116 Å². The van der Waals surface area contributed by atoms with E-state index in [1.807, 2.05) is 29.9 Å². The highest BCUT2D eigenvalue weighted by atomic mass is 16.2. The van der Waals surface area contributed by atoms with E-state index in [0.717, 1.165) is 68.7 Å². The Bertz CT molecular complexity index is 2090. The van der Waals surface area contributed by atoms with E-state index >= 15 is 0 Å². The van der Waals surface area contributed by atoms with Crippen molar-refractivity contribution < 1.29 is 20.6 Å². The number of hydrogen-bond acceptors (Lipinski definition) is 4. The Morgan fingerprint density at radius 3 is 1.68 bits per heavy atom. The summed E-state index contributed by atoms with van der Waals surface area (Å²) in [4.78, 5) is 41.7. The van der Waals surface area contributed by atoms with Crippen molar-refractivity contribution >= 4 is 30.8 Å². The maximum absolute atomic E-state index is 11.7. The van der Waals surface area contributed by atoms with Crippen LogP contribution in [0.5, 0.6) is 0 Å². The number of ketones is 1. The molecule has 1 aliphatic heterocycles. The summed E-state index contributed by atoms with van der Waals surface area (Å²) in [6, 6.07) is 34.6. The van der Waals surface area contributed by atoms with E-state index < -0.39 is 0 Å². The monoisotopic (exact) mass is 786 g/mol. The van der Waals surface area contributed by atoms with Crippen LogP contribution < -0.4 is 0 Å². The van der Waals surface area contributed by atoms with Gasteiger partial charge in [0.15, 0.2) is 0 Å². The number of hydrogen-bond donors (Lipinski definition) is 0. The van der Waals surface area contributed by atoms with Crippen molar-refractivity contribution in [2.75, 3.05) is 6.54 Å². The van der Waals surface area contributed by atoms with Crippen molar-refractivity contribution in [3.8, 4) is 0 Å². The van der Waals surface area contributed by atoms with Crippen LogP contribution in [0.15, 0.2) is 140 Å². The van der Waals surface area contributed by atoms with Gasteiger partial charge < -0.3 is 9.69 Å². The molecule has 6 aliphatic carbocycles. The minimum Gasteiger partial charge on any atom is -0.316 e. The van der Waals surface area contributed by atoms with Gasteiger partial charge in [0.2, 0.25) is 5.91 Å². The molecule has 59 heavy (non-hydrogen) atoms. The van der Waals surface area contributed by atoms with Crippen LogP contribution in [0, 0.1) is 11.8 Å². The summed E-state index contributed by atoms with van der Waals surface area (Å²) >= 11 is 0. The number of carbonyl (C=O) groups is 4. The number of rotatable bonds is 2. The predicted octanol–water partition coefficient (Wildman–Crippen LogP) is 11.2. The molecule has 4 atom stereocenters. The highest BCUT2D eigenvalue weighted by molar-refractivity contribution is 5.83. The Morgan fingerprint density at radius 2 is 1.12 bits per heavy atom. The second kappa shape index (κ2) is 21.9. The van der Waals surface area contributed by atoms with Gasteiger partial charge in [0.1, 0.15) is 18.9 Å². The summed E-state index contributed by atoms with van der Waals surface area (Å²) in [5.41, 5.74) is 12.9. The van der Waals surface area contributed by atoms with Crippen LogP contribution in [0.25, 0.3) is 6.08 Å². The molecular weight excluding hydrogens is 727 g/mol. The smallest absolute Gasteiger partial charge is 0.316 e. The van der Waals surface area contributed by atoms with E-state index in [0.29, 0.717) is 24.4 Å². The van der Waals surface area contributed by atoms with Gasteiger partial charge in [0, 0.05) is 31.5 Å². The molecule has 4 bridgehead atoms. The van der Waals surface area contributed by atoms with Gasteiger partial charge in [-0.15, -0.1) is 0 Å². The molecule has 5 nitrogen and oxygen atoms in total. The summed E-state index contributed by atoms with van der Waals surface area (Å²) in [5.74, 6) is 3.97. The molecular formula is C54H60NO4+. The van der Waals surface area contributed by atoms with Gasteiger partial charge in [-0.25, -0.2) is 0 Å². The first kappa shape index (κ1) is 42.9. The van der Waals surface area contributed by atoms with Crippen molar-refractivity contribution in [1.29, 1.82) is 0 Å². The van der Waals surface area contributed by atoms with Crippen LogP contribution in [0.3, 0.4) is 0 Å². The summed E-state index contributed by atoms with van der Waals surface area (Å²) in [6.45, 7) is 6.02. The number of aryl methyl sites for hydroxylation is 2. The summed E-state index contributed by atoms with van der Waals surface area (Å²) < 4.78 is 0. The Hall–Kier alpha value is -5.68. The normalized spacial score (nSPS) is 21.9. The minimum absolute atomic E-state index is 0. The first-order valence-corrected chi connectivity index (χ1v) is 21.5. The maximum atomic E-state index is 11.7. The third-order valence-electron chi connectivity index (χ3n) is 12.5. The Kier molecular flexibility index (Phi) is 15.9. The van der Waals surface area contributed by atoms with E-state index in [4.69, 9.17) is 9.59 Å². The lowest BCUT2D eigenvalue weighted by Gasteiger charge is -2.32. The van der Waals surface area contributed by atoms with E-state index in [1.165, 1.54) is 72.6 Å². The van der Waals surface area contributed by atoms with Crippen molar-refractivity contribution in [2.45, 2.75) is 95.3 Å². The molecule has 0 N–H and O–H groups in total. The van der Waals surface area contributed by atoms with Crippen molar-refractivity contribution in [3.63, 3.8) is 0 Å². The predicted molar refractivity (Wildman–Crippen MR) is 241 cm³/mol. The van der Waals surface area contributed by atoms with Crippen LogP contribution >= 0.6 is 0 Å². The molecule has 4 aromatic carbocycles. The summed E-state index contributed by atoms with van der Waals surface area (Å²) in [5, 5.41) is 0.